The second-order valence-electron chi connectivity index (χ2n) is 6.89. The SMILES string of the molecule is CN=C(NCC1CCc2nnc(C)n2C1)NCC1(C)CCCO1.I. The average Bonchev–Trinajstić information content (AvgIpc) is 3.15. The van der Waals surface area contributed by atoms with E-state index in [-0.39, 0.29) is 29.6 Å². The normalized spacial score (nSPS) is 26.6. The van der Waals surface area contributed by atoms with Crippen LogP contribution < -0.4 is 10.6 Å². The summed E-state index contributed by atoms with van der Waals surface area (Å²) in [6, 6.07) is 0. The number of nitrogens with one attached hydrogen (secondary N) is 2. The molecule has 1 aromatic heterocycles. The highest BCUT2D eigenvalue weighted by Gasteiger charge is 2.29. The molecular formula is C16H29IN6O. The molecule has 7 nitrogen and oxygen atoms in total. The van der Waals surface area contributed by atoms with E-state index in [2.05, 4.69) is 37.3 Å². The van der Waals surface area contributed by atoms with Crippen LogP contribution in [0, 0.1) is 12.8 Å². The zero-order valence-corrected chi connectivity index (χ0v) is 17.2. The van der Waals surface area contributed by atoms with Crippen molar-refractivity contribution in [3.05, 3.63) is 11.6 Å². The minimum absolute atomic E-state index is 0. The van der Waals surface area contributed by atoms with Crippen LogP contribution in [0.4, 0.5) is 0 Å². The minimum atomic E-state index is -0.0586. The Hall–Kier alpha value is -0.900. The van der Waals surface area contributed by atoms with Crippen molar-refractivity contribution in [2.24, 2.45) is 10.9 Å². The predicted octanol–water partition coefficient (Wildman–Crippen LogP) is 1.50. The van der Waals surface area contributed by atoms with E-state index in [4.69, 9.17) is 4.74 Å². The van der Waals surface area contributed by atoms with Crippen molar-refractivity contribution in [3.63, 3.8) is 0 Å². The molecule has 1 fully saturated rings. The Labute approximate surface area is 161 Å². The quantitative estimate of drug-likeness (QED) is 0.415. The second-order valence-corrected chi connectivity index (χ2v) is 6.89. The first kappa shape index (κ1) is 19.4. The standard InChI is InChI=1S/C16H28N6O.HI/c1-12-20-21-14-6-5-13(10-22(12)14)9-18-15(17-3)19-11-16(2)7-4-8-23-16;/h13H,4-11H2,1-3H3,(H2,17,18,19);1H. The molecule has 0 bridgehead atoms. The Morgan fingerprint density at radius 3 is 2.96 bits per heavy atom. The lowest BCUT2D eigenvalue weighted by atomic mass is 9.99. The average molecular weight is 448 g/mol. The smallest absolute Gasteiger partial charge is 0.191 e. The van der Waals surface area contributed by atoms with Gasteiger partial charge in [-0.2, -0.15) is 0 Å². The lowest BCUT2D eigenvalue weighted by molar-refractivity contribution is 0.0242. The van der Waals surface area contributed by atoms with E-state index in [1.54, 1.807) is 0 Å². The summed E-state index contributed by atoms with van der Waals surface area (Å²) >= 11 is 0. The maximum absolute atomic E-state index is 5.81. The lowest BCUT2D eigenvalue weighted by Gasteiger charge is -2.27. The number of guanidine groups is 1. The first-order valence-corrected chi connectivity index (χ1v) is 8.57. The van der Waals surface area contributed by atoms with Crippen molar-refractivity contribution in [1.29, 1.82) is 0 Å². The van der Waals surface area contributed by atoms with Crippen LogP contribution in [0.5, 0.6) is 0 Å². The lowest BCUT2D eigenvalue weighted by Crippen LogP contribution is -2.47. The van der Waals surface area contributed by atoms with E-state index < -0.39 is 0 Å². The van der Waals surface area contributed by atoms with Crippen molar-refractivity contribution < 1.29 is 4.74 Å². The third-order valence-electron chi connectivity index (χ3n) is 4.94. The fourth-order valence-electron chi connectivity index (χ4n) is 3.41. The predicted molar refractivity (Wildman–Crippen MR) is 105 cm³/mol. The molecule has 1 aromatic rings. The Morgan fingerprint density at radius 2 is 2.25 bits per heavy atom. The van der Waals surface area contributed by atoms with E-state index in [0.717, 1.165) is 69.5 Å². The molecule has 0 amide bonds. The molecule has 0 radical (unpaired) electrons. The fourth-order valence-corrected chi connectivity index (χ4v) is 3.41. The first-order valence-electron chi connectivity index (χ1n) is 8.57. The Morgan fingerprint density at radius 1 is 1.42 bits per heavy atom. The third-order valence-corrected chi connectivity index (χ3v) is 4.94. The summed E-state index contributed by atoms with van der Waals surface area (Å²) in [5.41, 5.74) is -0.0586. The fraction of sp³-hybridized carbons (Fsp3) is 0.812. The van der Waals surface area contributed by atoms with Gasteiger partial charge >= 0.3 is 0 Å². The van der Waals surface area contributed by atoms with E-state index in [9.17, 15) is 0 Å². The molecule has 0 aliphatic carbocycles. The van der Waals surface area contributed by atoms with E-state index in [0.29, 0.717) is 5.92 Å². The van der Waals surface area contributed by atoms with Crippen LogP contribution in [0.1, 0.15) is 37.8 Å². The van der Waals surface area contributed by atoms with Gasteiger partial charge in [0.05, 0.1) is 5.60 Å². The highest BCUT2D eigenvalue weighted by Crippen LogP contribution is 2.24. The summed E-state index contributed by atoms with van der Waals surface area (Å²) in [4.78, 5) is 4.32. The van der Waals surface area contributed by atoms with Gasteiger partial charge in [0, 0.05) is 39.7 Å². The van der Waals surface area contributed by atoms with Crippen molar-refractivity contribution in [2.75, 3.05) is 26.7 Å². The van der Waals surface area contributed by atoms with Crippen LogP contribution >= 0.6 is 24.0 Å². The van der Waals surface area contributed by atoms with Crippen LogP contribution in [0.15, 0.2) is 4.99 Å². The van der Waals surface area contributed by atoms with Gasteiger partial charge in [-0.05, 0) is 39.0 Å². The van der Waals surface area contributed by atoms with Gasteiger partial charge in [-0.3, -0.25) is 4.99 Å². The van der Waals surface area contributed by atoms with E-state index >= 15 is 0 Å². The molecule has 24 heavy (non-hydrogen) atoms. The number of fused-ring (bicyclic) bond motifs is 1. The Kier molecular flexibility index (Phi) is 6.85. The maximum atomic E-state index is 5.81. The van der Waals surface area contributed by atoms with Gasteiger partial charge in [0.15, 0.2) is 5.96 Å². The van der Waals surface area contributed by atoms with Crippen LogP contribution in [0.2, 0.25) is 0 Å². The summed E-state index contributed by atoms with van der Waals surface area (Å²) in [6.07, 6.45) is 4.40. The van der Waals surface area contributed by atoms with Gasteiger partial charge < -0.3 is 19.9 Å². The van der Waals surface area contributed by atoms with Crippen LogP contribution in [-0.4, -0.2) is 53.1 Å². The number of halogens is 1. The van der Waals surface area contributed by atoms with Crippen LogP contribution in [0.25, 0.3) is 0 Å². The summed E-state index contributed by atoms with van der Waals surface area (Å²) in [7, 11) is 1.82. The molecular weight excluding hydrogens is 419 g/mol. The van der Waals surface area contributed by atoms with Crippen LogP contribution in [-0.2, 0) is 17.7 Å². The molecule has 136 valence electrons. The van der Waals surface area contributed by atoms with Gasteiger partial charge in [0.2, 0.25) is 0 Å². The van der Waals surface area contributed by atoms with Gasteiger partial charge in [-0.25, -0.2) is 0 Å². The van der Waals surface area contributed by atoms with Gasteiger partial charge in [-0.1, -0.05) is 0 Å². The molecule has 3 heterocycles. The van der Waals surface area contributed by atoms with Crippen LogP contribution in [0.3, 0.4) is 0 Å². The van der Waals surface area contributed by atoms with Crippen molar-refractivity contribution in [1.82, 2.24) is 25.4 Å². The van der Waals surface area contributed by atoms with Gasteiger partial charge in [0.1, 0.15) is 11.6 Å². The Bertz CT molecular complexity index is 567. The molecule has 0 aromatic carbocycles. The van der Waals surface area contributed by atoms with E-state index in [1.807, 2.05) is 14.0 Å². The van der Waals surface area contributed by atoms with Gasteiger partial charge in [-0.15, -0.1) is 34.2 Å². The molecule has 0 spiro atoms. The number of rotatable bonds is 4. The zero-order chi connectivity index (χ0) is 16.3. The van der Waals surface area contributed by atoms with Crippen molar-refractivity contribution in [2.45, 2.75) is 51.7 Å². The number of nitrogens with zero attached hydrogens (tertiary/aromatic N) is 4. The number of ether oxygens (including phenoxy) is 1. The topological polar surface area (TPSA) is 76.4 Å². The molecule has 0 saturated carbocycles. The van der Waals surface area contributed by atoms with E-state index in [1.165, 1.54) is 0 Å². The van der Waals surface area contributed by atoms with Gasteiger partial charge in [0.25, 0.3) is 0 Å². The monoisotopic (exact) mass is 448 g/mol. The largest absolute Gasteiger partial charge is 0.373 e. The highest BCUT2D eigenvalue weighted by molar-refractivity contribution is 14.0. The summed E-state index contributed by atoms with van der Waals surface area (Å²) in [5, 5.41) is 15.2. The first-order chi connectivity index (χ1) is 11.1. The second kappa shape index (κ2) is 8.46. The molecule has 2 N–H and O–H groups in total. The maximum Gasteiger partial charge on any atom is 0.191 e. The van der Waals surface area contributed by atoms with Crippen molar-refractivity contribution in [3.8, 4) is 0 Å². The minimum Gasteiger partial charge on any atom is -0.373 e. The number of hydrogen-bond donors (Lipinski definition) is 2. The summed E-state index contributed by atoms with van der Waals surface area (Å²) < 4.78 is 8.05. The Balaban J connectivity index is 0.00000208. The number of hydrogen-bond acceptors (Lipinski definition) is 4. The summed E-state index contributed by atoms with van der Waals surface area (Å²) in [6.45, 7) is 7.75. The molecule has 1 saturated heterocycles. The molecule has 2 atom stereocenters. The molecule has 2 aliphatic rings. The molecule has 2 unspecified atom stereocenters. The number of aromatic nitrogens is 3. The zero-order valence-electron chi connectivity index (χ0n) is 14.8. The molecule has 3 rings (SSSR count). The number of aliphatic imine (C=N–C) groups is 1. The van der Waals surface area contributed by atoms with Crippen molar-refractivity contribution >= 4 is 29.9 Å². The summed E-state index contributed by atoms with van der Waals surface area (Å²) in [5.74, 6) is 3.56. The third kappa shape index (κ3) is 4.59. The molecule has 8 heteroatoms. The molecule has 2 aliphatic heterocycles. The highest BCUT2D eigenvalue weighted by atomic mass is 127. The number of aryl methyl sites for hydroxylation is 2.